The number of para-hydroxylation sites is 2. The van der Waals surface area contributed by atoms with Crippen LogP contribution in [-0.2, 0) is 5.41 Å². The van der Waals surface area contributed by atoms with Crippen molar-refractivity contribution >= 4 is 38.9 Å². The molecule has 1 heterocycles. The van der Waals surface area contributed by atoms with Gasteiger partial charge in [-0.05, 0) is 127 Å². The van der Waals surface area contributed by atoms with Gasteiger partial charge in [0.2, 0.25) is 0 Å². The van der Waals surface area contributed by atoms with E-state index in [0.29, 0.717) is 0 Å². The average molecular weight is 955 g/mol. The fourth-order valence-corrected chi connectivity index (χ4v) is 12.2. The first-order valence-electron chi connectivity index (χ1n) is 25.9. The Kier molecular flexibility index (Phi) is 10.8. The zero-order chi connectivity index (χ0) is 49.7. The molecule has 0 bridgehead atoms. The third kappa shape index (κ3) is 7.33. The maximum atomic E-state index is 2.48. The molecule has 14 rings (SSSR count). The number of aromatic nitrogens is 1. The highest BCUT2D eigenvalue weighted by molar-refractivity contribution is 6.11. The van der Waals surface area contributed by atoms with Crippen LogP contribution in [-0.4, -0.2) is 4.57 Å². The molecule has 0 saturated heterocycles. The first-order valence-corrected chi connectivity index (χ1v) is 25.9. The lowest BCUT2D eigenvalue weighted by Gasteiger charge is -2.33. The van der Waals surface area contributed by atoms with Crippen molar-refractivity contribution in [3.05, 3.63) is 326 Å². The van der Waals surface area contributed by atoms with Gasteiger partial charge in [0.1, 0.15) is 0 Å². The second-order valence-electron chi connectivity index (χ2n) is 19.6. The van der Waals surface area contributed by atoms with Gasteiger partial charge in [-0.25, -0.2) is 0 Å². The Balaban J connectivity index is 0.923. The van der Waals surface area contributed by atoms with Crippen LogP contribution in [0.2, 0.25) is 0 Å². The lowest BCUT2D eigenvalue weighted by atomic mass is 9.68. The van der Waals surface area contributed by atoms with E-state index in [-0.39, 0.29) is 0 Å². The molecule has 2 heteroatoms. The summed E-state index contributed by atoms with van der Waals surface area (Å²) >= 11 is 0. The lowest BCUT2D eigenvalue weighted by molar-refractivity contribution is 0.768. The van der Waals surface area contributed by atoms with Crippen molar-refractivity contribution in [1.82, 2.24) is 4.57 Å². The van der Waals surface area contributed by atoms with E-state index >= 15 is 0 Å². The van der Waals surface area contributed by atoms with E-state index < -0.39 is 5.41 Å². The van der Waals surface area contributed by atoms with Crippen LogP contribution in [0.1, 0.15) is 22.3 Å². The molecule has 12 aromatic carbocycles. The quantitative estimate of drug-likeness (QED) is 0.133. The second kappa shape index (κ2) is 18.4. The summed E-state index contributed by atoms with van der Waals surface area (Å²) in [7, 11) is 0. The number of nitrogens with zero attached hydrogens (tertiary/aromatic N) is 2. The minimum atomic E-state index is -0.465. The maximum Gasteiger partial charge on any atom is 0.0713 e. The van der Waals surface area contributed by atoms with Crippen LogP contribution >= 0.6 is 0 Å². The Labute approximate surface area is 438 Å². The Morgan fingerprint density at radius 3 is 1.35 bits per heavy atom. The minimum Gasteiger partial charge on any atom is -0.310 e. The molecule has 0 fully saturated rings. The van der Waals surface area contributed by atoms with E-state index in [4.69, 9.17) is 0 Å². The van der Waals surface area contributed by atoms with E-state index in [0.717, 1.165) is 39.4 Å². The molecule has 1 aliphatic carbocycles. The fraction of sp³-hybridized carbons (Fsp3) is 0.0137. The molecular weight excluding hydrogens is 905 g/mol. The highest BCUT2D eigenvalue weighted by Gasteiger charge is 2.46. The van der Waals surface area contributed by atoms with Crippen molar-refractivity contribution in [2.24, 2.45) is 0 Å². The summed E-state index contributed by atoms with van der Waals surface area (Å²) in [4.78, 5) is 2.41. The molecule has 13 aromatic rings. The molecule has 0 saturated carbocycles. The van der Waals surface area contributed by atoms with Crippen LogP contribution in [0.25, 0.3) is 83.1 Å². The Morgan fingerprint density at radius 2 is 0.720 bits per heavy atom. The first-order chi connectivity index (χ1) is 37.2. The number of fused-ring (bicyclic) bond motifs is 6. The van der Waals surface area contributed by atoms with Crippen LogP contribution < -0.4 is 4.90 Å². The average Bonchev–Trinajstić information content (AvgIpc) is 4.02. The third-order valence-electron chi connectivity index (χ3n) is 15.5. The van der Waals surface area contributed by atoms with Gasteiger partial charge in [-0.3, -0.25) is 0 Å². The Bertz CT molecular complexity index is 4070. The van der Waals surface area contributed by atoms with Crippen LogP contribution in [0.3, 0.4) is 0 Å². The molecular formula is C73H50N2. The summed E-state index contributed by atoms with van der Waals surface area (Å²) in [6.07, 6.45) is 0. The summed E-state index contributed by atoms with van der Waals surface area (Å²) in [5.41, 5.74) is 23.3. The first kappa shape index (κ1) is 44.0. The van der Waals surface area contributed by atoms with E-state index in [1.54, 1.807) is 0 Å². The van der Waals surface area contributed by atoms with Gasteiger partial charge in [-0.15, -0.1) is 0 Å². The number of hydrogen-bond donors (Lipinski definition) is 0. The highest BCUT2D eigenvalue weighted by atomic mass is 15.1. The van der Waals surface area contributed by atoms with Gasteiger partial charge in [0.15, 0.2) is 0 Å². The summed E-state index contributed by atoms with van der Waals surface area (Å²) in [5.74, 6) is 0. The second-order valence-corrected chi connectivity index (χ2v) is 19.6. The zero-order valence-corrected chi connectivity index (χ0v) is 41.3. The van der Waals surface area contributed by atoms with E-state index in [9.17, 15) is 0 Å². The smallest absolute Gasteiger partial charge is 0.0713 e. The van der Waals surface area contributed by atoms with Crippen molar-refractivity contribution in [3.63, 3.8) is 0 Å². The van der Waals surface area contributed by atoms with Crippen LogP contribution in [0, 0.1) is 0 Å². The van der Waals surface area contributed by atoms with Crippen molar-refractivity contribution in [3.8, 4) is 61.3 Å². The topological polar surface area (TPSA) is 8.17 Å². The third-order valence-corrected chi connectivity index (χ3v) is 15.5. The summed E-state index contributed by atoms with van der Waals surface area (Å²) in [5, 5.41) is 2.45. The maximum absolute atomic E-state index is 2.48. The van der Waals surface area contributed by atoms with Crippen molar-refractivity contribution < 1.29 is 0 Å². The van der Waals surface area contributed by atoms with Gasteiger partial charge in [0, 0.05) is 33.4 Å². The molecule has 0 unspecified atom stereocenters. The monoisotopic (exact) mass is 954 g/mol. The highest BCUT2D eigenvalue weighted by Crippen LogP contribution is 2.57. The molecule has 0 N–H and O–H groups in total. The zero-order valence-electron chi connectivity index (χ0n) is 41.3. The molecule has 0 spiro atoms. The van der Waals surface area contributed by atoms with Gasteiger partial charge in [0.05, 0.1) is 22.1 Å². The molecule has 0 atom stereocenters. The van der Waals surface area contributed by atoms with Gasteiger partial charge in [-0.2, -0.15) is 0 Å². The predicted octanol–water partition coefficient (Wildman–Crippen LogP) is 19.3. The number of benzene rings is 12. The molecule has 352 valence electrons. The SMILES string of the molecule is c1ccc(-c2ccc(N(c3ccc(-c4ccccc4)cc3)c3ccccc3-c3ccccc3-c3ccc4c5ccccc5n(-c5ccc6c(c5)-c5ccccc5C6(c5ccccc5)c5ccccc5)c4c3)cc2)cc1. The van der Waals surface area contributed by atoms with Gasteiger partial charge in [0.25, 0.3) is 0 Å². The van der Waals surface area contributed by atoms with Crippen molar-refractivity contribution in [2.45, 2.75) is 5.41 Å². The molecule has 0 amide bonds. The molecule has 1 aliphatic rings. The van der Waals surface area contributed by atoms with Crippen molar-refractivity contribution in [2.75, 3.05) is 4.90 Å². The summed E-state index contributed by atoms with van der Waals surface area (Å²) in [6, 6.07) is 111. The van der Waals surface area contributed by atoms with Crippen LogP contribution in [0.5, 0.6) is 0 Å². The van der Waals surface area contributed by atoms with Gasteiger partial charge < -0.3 is 9.47 Å². The van der Waals surface area contributed by atoms with Crippen LogP contribution in [0.15, 0.2) is 303 Å². The fourth-order valence-electron chi connectivity index (χ4n) is 12.2. The molecule has 2 nitrogen and oxygen atoms in total. The van der Waals surface area contributed by atoms with E-state index in [2.05, 4.69) is 313 Å². The summed E-state index contributed by atoms with van der Waals surface area (Å²) < 4.78 is 2.48. The number of hydrogen-bond acceptors (Lipinski definition) is 1. The van der Waals surface area contributed by atoms with Crippen molar-refractivity contribution in [1.29, 1.82) is 0 Å². The number of rotatable bonds is 10. The molecule has 1 aromatic heterocycles. The van der Waals surface area contributed by atoms with Crippen LogP contribution in [0.4, 0.5) is 17.1 Å². The largest absolute Gasteiger partial charge is 0.310 e. The van der Waals surface area contributed by atoms with Gasteiger partial charge in [-0.1, -0.05) is 249 Å². The standard InChI is InChI=1S/C73H50N2/c1-5-21-51(22-6-1)53-37-42-58(43-38-53)74(59-44-39-54(40-45-59)52-23-7-2-8-24-52)70-35-19-16-32-64(70)62-30-14-13-29-61(62)55-41-47-66-65-33-17-20-36-71(65)75(72(66)49-55)60-46-48-69-67(50-60)63-31-15-18-34-68(63)73(69,56-25-9-3-10-26-56)57-27-11-4-12-28-57/h1-50H. The van der Waals surface area contributed by atoms with E-state index in [1.807, 2.05) is 0 Å². The Morgan fingerprint density at radius 1 is 0.267 bits per heavy atom. The Hall–Kier alpha value is -9.76. The van der Waals surface area contributed by atoms with E-state index in [1.165, 1.54) is 83.0 Å². The van der Waals surface area contributed by atoms with Gasteiger partial charge >= 0.3 is 0 Å². The predicted molar refractivity (Wildman–Crippen MR) is 315 cm³/mol. The molecule has 0 aliphatic heterocycles. The number of anilines is 3. The lowest BCUT2D eigenvalue weighted by Crippen LogP contribution is -2.28. The molecule has 0 radical (unpaired) electrons. The summed E-state index contributed by atoms with van der Waals surface area (Å²) in [6.45, 7) is 0. The minimum absolute atomic E-state index is 0.465. The normalized spacial score (nSPS) is 12.4. The molecule has 75 heavy (non-hydrogen) atoms.